The van der Waals surface area contributed by atoms with E-state index in [4.69, 9.17) is 10.00 Å². The summed E-state index contributed by atoms with van der Waals surface area (Å²) in [5, 5.41) is 12.1. The molecule has 21 heavy (non-hydrogen) atoms. The van der Waals surface area contributed by atoms with Crippen molar-refractivity contribution in [2.75, 3.05) is 0 Å². The first-order valence-corrected chi connectivity index (χ1v) is 7.44. The summed E-state index contributed by atoms with van der Waals surface area (Å²) in [6.07, 6.45) is 8.66. The van der Waals surface area contributed by atoms with Gasteiger partial charge >= 0.3 is 0 Å². The quantitative estimate of drug-likeness (QED) is 0.907. The number of hydrogen-bond donors (Lipinski definition) is 1. The van der Waals surface area contributed by atoms with Crippen LogP contribution in [0.3, 0.4) is 0 Å². The smallest absolute Gasteiger partial charge is 0.251 e. The summed E-state index contributed by atoms with van der Waals surface area (Å²) in [6, 6.07) is 2.24. The average molecular weight is 286 g/mol. The van der Waals surface area contributed by atoms with E-state index < -0.39 is 0 Å². The highest BCUT2D eigenvalue weighted by Crippen LogP contribution is 2.30. The first-order chi connectivity index (χ1) is 10.3. The van der Waals surface area contributed by atoms with Crippen molar-refractivity contribution in [3.8, 4) is 11.9 Å². The lowest BCUT2D eigenvalue weighted by Crippen LogP contribution is -2.40. The molecule has 1 aromatic heterocycles. The van der Waals surface area contributed by atoms with E-state index in [9.17, 15) is 4.79 Å². The van der Waals surface area contributed by atoms with Gasteiger partial charge in [0.1, 0.15) is 12.2 Å². The van der Waals surface area contributed by atoms with Gasteiger partial charge in [0.2, 0.25) is 11.6 Å². The van der Waals surface area contributed by atoms with Gasteiger partial charge in [-0.3, -0.25) is 4.79 Å². The van der Waals surface area contributed by atoms with Gasteiger partial charge in [0.05, 0.1) is 0 Å². The lowest BCUT2D eigenvalue weighted by Gasteiger charge is -2.29. The Morgan fingerprint density at radius 3 is 2.57 bits per heavy atom. The van der Waals surface area contributed by atoms with Crippen molar-refractivity contribution in [3.63, 3.8) is 0 Å². The number of nitrogens with one attached hydrogen (secondary N) is 1. The van der Waals surface area contributed by atoms with E-state index in [1.165, 1.54) is 12.4 Å². The number of ether oxygens (including phenoxy) is 1. The maximum absolute atomic E-state index is 11.7. The molecule has 0 saturated heterocycles. The Balaban J connectivity index is 1.49. The molecule has 2 aliphatic carbocycles. The van der Waals surface area contributed by atoms with E-state index in [1.54, 1.807) is 0 Å². The molecule has 3 rings (SSSR count). The van der Waals surface area contributed by atoms with Crippen molar-refractivity contribution in [1.82, 2.24) is 15.3 Å². The lowest BCUT2D eigenvalue weighted by atomic mass is 9.93. The van der Waals surface area contributed by atoms with Gasteiger partial charge in [0, 0.05) is 24.4 Å². The largest absolute Gasteiger partial charge is 0.472 e. The first-order valence-electron chi connectivity index (χ1n) is 7.44. The van der Waals surface area contributed by atoms with E-state index in [0.29, 0.717) is 5.88 Å². The number of carbonyl (C=O) groups excluding carboxylic acids is 1. The third-order valence-corrected chi connectivity index (χ3v) is 4.02. The van der Waals surface area contributed by atoms with Crippen LogP contribution in [0.1, 0.15) is 44.2 Å². The van der Waals surface area contributed by atoms with Crippen LogP contribution in [0.2, 0.25) is 0 Å². The third-order valence-electron chi connectivity index (χ3n) is 4.02. The highest BCUT2D eigenvalue weighted by atomic mass is 16.5. The number of amides is 1. The van der Waals surface area contributed by atoms with Crippen LogP contribution in [0.15, 0.2) is 12.4 Å². The molecule has 1 N–H and O–H groups in total. The number of hydrogen-bond acceptors (Lipinski definition) is 5. The summed E-state index contributed by atoms with van der Waals surface area (Å²) in [5.74, 6) is 0.780. The van der Waals surface area contributed by atoms with Gasteiger partial charge in [-0.2, -0.15) is 5.26 Å². The Hall–Kier alpha value is -2.16. The van der Waals surface area contributed by atoms with E-state index in [1.807, 2.05) is 6.07 Å². The fourth-order valence-corrected chi connectivity index (χ4v) is 2.64. The highest BCUT2D eigenvalue weighted by molar-refractivity contribution is 5.81. The topological polar surface area (TPSA) is 87.9 Å². The summed E-state index contributed by atoms with van der Waals surface area (Å²) in [7, 11) is 0. The second-order valence-electron chi connectivity index (χ2n) is 5.70. The van der Waals surface area contributed by atoms with Gasteiger partial charge in [-0.15, -0.1) is 0 Å². The lowest BCUT2D eigenvalue weighted by molar-refractivity contribution is -0.123. The molecule has 2 aliphatic rings. The minimum absolute atomic E-state index is 0.0443. The summed E-state index contributed by atoms with van der Waals surface area (Å²) < 4.78 is 5.78. The fraction of sp³-hybridized carbons (Fsp3) is 0.600. The molecule has 6 nitrogen and oxygen atoms in total. The van der Waals surface area contributed by atoms with Crippen LogP contribution in [-0.4, -0.2) is 28.0 Å². The molecular weight excluding hydrogens is 268 g/mol. The van der Waals surface area contributed by atoms with Crippen LogP contribution in [0.25, 0.3) is 0 Å². The molecule has 0 aliphatic heterocycles. The highest BCUT2D eigenvalue weighted by Gasteiger charge is 2.32. The molecule has 0 aromatic carbocycles. The molecule has 0 bridgehead atoms. The van der Waals surface area contributed by atoms with Crippen LogP contribution in [0.4, 0.5) is 0 Å². The number of aromatic nitrogens is 2. The molecule has 1 aromatic rings. The first kappa shape index (κ1) is 13.8. The Labute approximate surface area is 123 Å². The zero-order valence-electron chi connectivity index (χ0n) is 11.8. The van der Waals surface area contributed by atoms with Crippen LogP contribution in [-0.2, 0) is 4.79 Å². The molecule has 1 amide bonds. The number of carbonyl (C=O) groups is 1. The number of rotatable bonds is 4. The van der Waals surface area contributed by atoms with Crippen molar-refractivity contribution in [1.29, 1.82) is 5.26 Å². The molecule has 2 fully saturated rings. The maximum Gasteiger partial charge on any atom is 0.251 e. The van der Waals surface area contributed by atoms with Crippen LogP contribution >= 0.6 is 0 Å². The van der Waals surface area contributed by atoms with E-state index in [-0.39, 0.29) is 29.7 Å². The van der Waals surface area contributed by atoms with Crippen LogP contribution in [0.5, 0.6) is 5.88 Å². The van der Waals surface area contributed by atoms with Gasteiger partial charge in [0.25, 0.3) is 5.88 Å². The molecular formula is C15H18N4O2. The fourth-order valence-electron chi connectivity index (χ4n) is 2.64. The average Bonchev–Trinajstić information content (AvgIpc) is 3.34. The summed E-state index contributed by atoms with van der Waals surface area (Å²) >= 11 is 0. The normalized spacial score (nSPS) is 24.9. The van der Waals surface area contributed by atoms with Crippen LogP contribution in [0, 0.1) is 17.2 Å². The minimum atomic E-state index is 0.0443. The second kappa shape index (κ2) is 6.08. The van der Waals surface area contributed by atoms with Gasteiger partial charge in [-0.1, -0.05) is 0 Å². The van der Waals surface area contributed by atoms with E-state index in [0.717, 1.165) is 38.5 Å². The molecule has 2 saturated carbocycles. The standard InChI is InChI=1S/C15H18N4O2/c16-9-13-15(18-8-7-17-13)21-12-5-3-11(4-6-12)19-14(20)10-1-2-10/h7-8,10-12H,1-6H2,(H,19,20). The Morgan fingerprint density at radius 2 is 1.90 bits per heavy atom. The second-order valence-corrected chi connectivity index (χ2v) is 5.70. The van der Waals surface area contributed by atoms with Crippen molar-refractivity contribution < 1.29 is 9.53 Å². The van der Waals surface area contributed by atoms with Gasteiger partial charge < -0.3 is 10.1 Å². The molecule has 6 heteroatoms. The Kier molecular flexibility index (Phi) is 4.00. The van der Waals surface area contributed by atoms with Gasteiger partial charge in [-0.05, 0) is 38.5 Å². The number of nitriles is 1. The molecule has 1 heterocycles. The van der Waals surface area contributed by atoms with Crippen molar-refractivity contribution in [2.24, 2.45) is 5.92 Å². The molecule has 0 spiro atoms. The minimum Gasteiger partial charge on any atom is -0.472 e. The molecule has 110 valence electrons. The summed E-state index contributed by atoms with van der Waals surface area (Å²) in [6.45, 7) is 0. The molecule has 0 atom stereocenters. The van der Waals surface area contributed by atoms with E-state index >= 15 is 0 Å². The summed E-state index contributed by atoms with van der Waals surface area (Å²) in [4.78, 5) is 19.7. The van der Waals surface area contributed by atoms with Crippen molar-refractivity contribution in [3.05, 3.63) is 18.1 Å². The monoisotopic (exact) mass is 286 g/mol. The van der Waals surface area contributed by atoms with Crippen LogP contribution < -0.4 is 10.1 Å². The zero-order chi connectivity index (χ0) is 14.7. The van der Waals surface area contributed by atoms with E-state index in [2.05, 4.69) is 15.3 Å². The Morgan fingerprint density at radius 1 is 1.19 bits per heavy atom. The SMILES string of the molecule is N#Cc1nccnc1OC1CCC(NC(=O)C2CC2)CC1. The predicted molar refractivity (Wildman–Crippen MR) is 74.3 cm³/mol. The van der Waals surface area contributed by atoms with Gasteiger partial charge in [0.15, 0.2) is 0 Å². The zero-order valence-corrected chi connectivity index (χ0v) is 11.8. The molecule has 0 radical (unpaired) electrons. The van der Waals surface area contributed by atoms with Crippen molar-refractivity contribution in [2.45, 2.75) is 50.7 Å². The van der Waals surface area contributed by atoms with Crippen molar-refractivity contribution >= 4 is 5.91 Å². The summed E-state index contributed by atoms with van der Waals surface area (Å²) in [5.41, 5.74) is 0.224. The third kappa shape index (κ3) is 3.48. The Bertz CT molecular complexity index is 557. The molecule has 0 unspecified atom stereocenters. The maximum atomic E-state index is 11.7. The van der Waals surface area contributed by atoms with Gasteiger partial charge in [-0.25, -0.2) is 9.97 Å². The number of nitrogens with zero attached hydrogens (tertiary/aromatic N) is 3. The predicted octanol–water partition coefficient (Wildman–Crippen LogP) is 1.56.